The van der Waals surface area contributed by atoms with Crippen LogP contribution in [0.25, 0.3) is 0 Å². The predicted octanol–water partition coefficient (Wildman–Crippen LogP) is 4.98. The maximum Gasteiger partial charge on any atom is 0.252 e. The van der Waals surface area contributed by atoms with Gasteiger partial charge in [-0.3, -0.25) is 4.79 Å². The summed E-state index contributed by atoms with van der Waals surface area (Å²) in [6, 6.07) is 20.2. The molecule has 5 heteroatoms. The van der Waals surface area contributed by atoms with Crippen LogP contribution in [0.2, 0.25) is 0 Å². The van der Waals surface area contributed by atoms with Gasteiger partial charge in [-0.15, -0.1) is 0 Å². The molecule has 3 heterocycles. The van der Waals surface area contributed by atoms with E-state index in [1.165, 1.54) is 5.56 Å². The van der Waals surface area contributed by atoms with Gasteiger partial charge in [-0.25, -0.2) is 4.68 Å². The van der Waals surface area contributed by atoms with Gasteiger partial charge < -0.3 is 10.1 Å². The monoisotopic (exact) mass is 439 g/mol. The van der Waals surface area contributed by atoms with Crippen LogP contribution >= 0.6 is 0 Å². The Balaban J connectivity index is 1.34. The van der Waals surface area contributed by atoms with E-state index in [2.05, 4.69) is 41.4 Å². The minimum absolute atomic E-state index is 0.0427. The van der Waals surface area contributed by atoms with Gasteiger partial charge in [0.1, 0.15) is 5.69 Å². The summed E-state index contributed by atoms with van der Waals surface area (Å²) in [6.07, 6.45) is 6.66. The summed E-state index contributed by atoms with van der Waals surface area (Å²) in [5.74, 6) is 6.64. The number of carbonyl (C=O) groups excluding carboxylic acids is 1. The normalized spacial score (nSPS) is 19.8. The Morgan fingerprint density at radius 1 is 1.09 bits per heavy atom. The molecule has 1 aromatic heterocycles. The Hall–Kier alpha value is -3.36. The first-order chi connectivity index (χ1) is 16.3. The largest absolute Gasteiger partial charge is 0.356 e. The summed E-state index contributed by atoms with van der Waals surface area (Å²) in [6.45, 7) is 0.747. The van der Waals surface area contributed by atoms with Crippen LogP contribution in [0.5, 0.6) is 0 Å². The van der Waals surface area contributed by atoms with Crippen molar-refractivity contribution in [3.8, 4) is 11.8 Å². The van der Waals surface area contributed by atoms with Crippen LogP contribution in [-0.4, -0.2) is 22.3 Å². The number of unbranched alkanes of at least 4 members (excludes halogenated alkanes) is 1. The molecule has 0 aliphatic carbocycles. The average Bonchev–Trinajstić information content (AvgIpc) is 3.29. The number of ether oxygens (including phenoxy) is 1. The van der Waals surface area contributed by atoms with E-state index < -0.39 is 0 Å². The molecule has 1 fully saturated rings. The van der Waals surface area contributed by atoms with Crippen LogP contribution < -0.4 is 5.32 Å². The molecule has 0 saturated carbocycles. The van der Waals surface area contributed by atoms with Crippen LogP contribution in [0.3, 0.4) is 0 Å². The second kappa shape index (κ2) is 10.1. The lowest BCUT2D eigenvalue weighted by molar-refractivity contribution is -0.0402. The molecule has 2 aromatic carbocycles. The highest BCUT2D eigenvalue weighted by Crippen LogP contribution is 2.29. The summed E-state index contributed by atoms with van der Waals surface area (Å²) in [7, 11) is 0. The molecule has 5 rings (SSSR count). The van der Waals surface area contributed by atoms with Crippen molar-refractivity contribution < 1.29 is 9.53 Å². The zero-order valence-electron chi connectivity index (χ0n) is 18.8. The molecule has 2 atom stereocenters. The molecule has 1 N–H and O–H groups in total. The summed E-state index contributed by atoms with van der Waals surface area (Å²) >= 11 is 0. The topological polar surface area (TPSA) is 56.2 Å². The maximum absolute atomic E-state index is 12.6. The number of hydrogen-bond donors (Lipinski definition) is 1. The molecular weight excluding hydrogens is 410 g/mol. The molecule has 2 aliphatic heterocycles. The summed E-state index contributed by atoms with van der Waals surface area (Å²) < 4.78 is 7.95. The van der Waals surface area contributed by atoms with Gasteiger partial charge in [0.2, 0.25) is 0 Å². The lowest BCUT2D eigenvalue weighted by Crippen LogP contribution is -2.35. The van der Waals surface area contributed by atoms with E-state index in [1.54, 1.807) is 0 Å². The van der Waals surface area contributed by atoms with E-state index in [1.807, 2.05) is 41.1 Å². The smallest absolute Gasteiger partial charge is 0.252 e. The number of fused-ring (bicyclic) bond motifs is 1. The van der Waals surface area contributed by atoms with Crippen molar-refractivity contribution in [1.82, 2.24) is 15.1 Å². The molecule has 2 unspecified atom stereocenters. The summed E-state index contributed by atoms with van der Waals surface area (Å²) in [5.41, 5.74) is 4.87. The molecule has 2 aliphatic rings. The molecule has 1 amide bonds. The maximum atomic E-state index is 12.6. The highest BCUT2D eigenvalue weighted by atomic mass is 16.5. The Labute approximate surface area is 195 Å². The van der Waals surface area contributed by atoms with Crippen LogP contribution in [0.1, 0.15) is 77.2 Å². The Morgan fingerprint density at radius 2 is 1.94 bits per heavy atom. The molecule has 168 valence electrons. The van der Waals surface area contributed by atoms with Crippen LogP contribution in [0, 0.1) is 11.8 Å². The zero-order chi connectivity index (χ0) is 22.5. The van der Waals surface area contributed by atoms with Gasteiger partial charge in [-0.2, -0.15) is 5.10 Å². The van der Waals surface area contributed by atoms with Crippen LogP contribution in [0.15, 0.2) is 60.7 Å². The number of nitrogens with zero attached hydrogens (tertiary/aromatic N) is 2. The zero-order valence-corrected chi connectivity index (χ0v) is 18.8. The van der Waals surface area contributed by atoms with Gasteiger partial charge in [0, 0.05) is 18.6 Å². The first kappa shape index (κ1) is 21.5. The fourth-order valence-corrected chi connectivity index (χ4v) is 4.60. The number of rotatable bonds is 5. The van der Waals surface area contributed by atoms with Gasteiger partial charge in [-0.05, 0) is 67.7 Å². The van der Waals surface area contributed by atoms with Crippen molar-refractivity contribution in [2.75, 3.05) is 6.61 Å². The molecule has 0 bridgehead atoms. The Morgan fingerprint density at radius 3 is 2.79 bits per heavy atom. The lowest BCUT2D eigenvalue weighted by atomic mass is 9.94. The minimum Gasteiger partial charge on any atom is -0.356 e. The van der Waals surface area contributed by atoms with Gasteiger partial charge >= 0.3 is 0 Å². The highest BCUT2D eigenvalue weighted by molar-refractivity contribution is 5.97. The Kier molecular flexibility index (Phi) is 6.55. The van der Waals surface area contributed by atoms with Crippen LogP contribution in [0.4, 0.5) is 0 Å². The van der Waals surface area contributed by atoms with Crippen molar-refractivity contribution in [3.05, 3.63) is 88.7 Å². The number of amides is 1. The first-order valence-corrected chi connectivity index (χ1v) is 11.9. The second-order valence-corrected chi connectivity index (χ2v) is 8.75. The third-order valence-corrected chi connectivity index (χ3v) is 6.36. The molecule has 1 saturated heterocycles. The highest BCUT2D eigenvalue weighted by Gasteiger charge is 2.28. The van der Waals surface area contributed by atoms with Crippen LogP contribution in [-0.2, 0) is 17.6 Å². The van der Waals surface area contributed by atoms with Crippen molar-refractivity contribution in [2.45, 2.75) is 57.2 Å². The number of hydrogen-bond acceptors (Lipinski definition) is 3. The van der Waals surface area contributed by atoms with E-state index in [9.17, 15) is 4.79 Å². The van der Waals surface area contributed by atoms with Crippen molar-refractivity contribution in [2.24, 2.45) is 0 Å². The molecule has 3 aromatic rings. The fourth-order valence-electron chi connectivity index (χ4n) is 4.60. The predicted molar refractivity (Wildman–Crippen MR) is 128 cm³/mol. The van der Waals surface area contributed by atoms with Crippen molar-refractivity contribution >= 4 is 5.91 Å². The molecule has 0 spiro atoms. The van der Waals surface area contributed by atoms with E-state index in [-0.39, 0.29) is 18.2 Å². The van der Waals surface area contributed by atoms with Gasteiger partial charge in [0.05, 0.1) is 11.7 Å². The van der Waals surface area contributed by atoms with Gasteiger partial charge in [0.15, 0.2) is 6.23 Å². The van der Waals surface area contributed by atoms with Crippen molar-refractivity contribution in [3.63, 3.8) is 0 Å². The molecule has 0 radical (unpaired) electrons. The standard InChI is InChI=1S/C28H29N3O2/c32-28-24-16-8-7-14-22(24)19-25(29-28)26-20-23(31(30-26)27-17-9-10-18-33-27)15-6-2-5-13-21-11-3-1-4-12-21/h1,3-4,7-8,11-12,14,16,20,25,27H,2,5,9-10,13,17-19H2,(H,29,32). The quantitative estimate of drug-likeness (QED) is 0.450. The second-order valence-electron chi connectivity index (χ2n) is 8.75. The van der Waals surface area contributed by atoms with E-state index in [4.69, 9.17) is 9.84 Å². The first-order valence-electron chi connectivity index (χ1n) is 11.9. The van der Waals surface area contributed by atoms with Gasteiger partial charge in [-0.1, -0.05) is 54.5 Å². The SMILES string of the molecule is O=C1NC(c2cc(C#CCCCc3ccccc3)n(C3CCCCO3)n2)Cc2ccccc21. The average molecular weight is 440 g/mol. The van der Waals surface area contributed by atoms with E-state index in [0.29, 0.717) is 0 Å². The summed E-state index contributed by atoms with van der Waals surface area (Å²) in [4.78, 5) is 12.6. The number of nitrogens with one attached hydrogen (secondary N) is 1. The number of aryl methyl sites for hydroxylation is 1. The lowest BCUT2D eigenvalue weighted by Gasteiger charge is -2.25. The summed E-state index contributed by atoms with van der Waals surface area (Å²) in [5, 5.41) is 8.01. The Bertz CT molecular complexity index is 1170. The number of aromatic nitrogens is 2. The minimum atomic E-state index is -0.157. The molecular formula is C28H29N3O2. The van der Waals surface area contributed by atoms with Gasteiger partial charge in [0.25, 0.3) is 5.91 Å². The van der Waals surface area contributed by atoms with E-state index in [0.717, 1.165) is 74.1 Å². The molecule has 33 heavy (non-hydrogen) atoms. The van der Waals surface area contributed by atoms with E-state index >= 15 is 0 Å². The third kappa shape index (κ3) is 5.02. The molecule has 5 nitrogen and oxygen atoms in total. The third-order valence-electron chi connectivity index (χ3n) is 6.36. The number of carbonyl (C=O) groups is 1. The fraction of sp³-hybridized carbons (Fsp3) is 0.357. The number of benzene rings is 2. The van der Waals surface area contributed by atoms with Crippen molar-refractivity contribution in [1.29, 1.82) is 0 Å².